The van der Waals surface area contributed by atoms with E-state index in [1.165, 1.54) is 36.3 Å². The highest BCUT2D eigenvalue weighted by atomic mass is 32.2. The van der Waals surface area contributed by atoms with Crippen LogP contribution in [-0.2, 0) is 11.2 Å². The van der Waals surface area contributed by atoms with Crippen molar-refractivity contribution in [3.05, 3.63) is 58.3 Å². The summed E-state index contributed by atoms with van der Waals surface area (Å²) in [5, 5.41) is 14.8. The van der Waals surface area contributed by atoms with Crippen LogP contribution in [0.4, 0.5) is 10.1 Å². The molecule has 5 nitrogen and oxygen atoms in total. The Balaban J connectivity index is 1.39. The van der Waals surface area contributed by atoms with Crippen LogP contribution in [0.1, 0.15) is 55.3 Å². The molecule has 0 radical (unpaired) electrons. The van der Waals surface area contributed by atoms with Crippen molar-refractivity contribution in [3.8, 4) is 0 Å². The van der Waals surface area contributed by atoms with E-state index in [4.69, 9.17) is 0 Å². The molecule has 1 aliphatic carbocycles. The first-order valence-corrected chi connectivity index (χ1v) is 12.2. The van der Waals surface area contributed by atoms with Crippen LogP contribution in [0.3, 0.4) is 0 Å². The van der Waals surface area contributed by atoms with Crippen molar-refractivity contribution in [1.82, 2.24) is 14.8 Å². The fraction of sp³-hybridized carbons (Fsp3) is 0.409. The van der Waals surface area contributed by atoms with Gasteiger partial charge in [-0.3, -0.25) is 4.79 Å². The maximum Gasteiger partial charge on any atom is 0.225 e. The first-order valence-electron chi connectivity index (χ1n) is 10.3. The fourth-order valence-corrected chi connectivity index (χ4v) is 5.46. The summed E-state index contributed by atoms with van der Waals surface area (Å²) < 4.78 is 15.3. The summed E-state index contributed by atoms with van der Waals surface area (Å²) >= 11 is 3.33. The van der Waals surface area contributed by atoms with E-state index < -0.39 is 0 Å². The summed E-state index contributed by atoms with van der Waals surface area (Å²) in [5.74, 6) is 1.24. The van der Waals surface area contributed by atoms with E-state index in [9.17, 15) is 9.18 Å². The second-order valence-electron chi connectivity index (χ2n) is 7.47. The van der Waals surface area contributed by atoms with Crippen molar-refractivity contribution >= 4 is 34.7 Å². The molecule has 0 spiro atoms. The molecule has 1 amide bonds. The lowest BCUT2D eigenvalue weighted by Crippen LogP contribution is -2.17. The Labute approximate surface area is 184 Å². The molecular formula is C22H25FN4OS2. The van der Waals surface area contributed by atoms with Crippen molar-refractivity contribution in [1.29, 1.82) is 0 Å². The number of halogens is 1. The number of anilines is 1. The Morgan fingerprint density at radius 3 is 2.70 bits per heavy atom. The molecule has 1 aromatic carbocycles. The number of nitrogens with one attached hydrogen (secondary N) is 1. The van der Waals surface area contributed by atoms with Crippen molar-refractivity contribution in [3.63, 3.8) is 0 Å². The van der Waals surface area contributed by atoms with E-state index in [2.05, 4.69) is 37.6 Å². The monoisotopic (exact) mass is 444 g/mol. The van der Waals surface area contributed by atoms with Crippen LogP contribution in [0.15, 0.2) is 46.9 Å². The number of amides is 1. The number of benzene rings is 1. The minimum atomic E-state index is -0.316. The lowest BCUT2D eigenvalue weighted by molar-refractivity contribution is -0.115. The minimum Gasteiger partial charge on any atom is -0.326 e. The highest BCUT2D eigenvalue weighted by Crippen LogP contribution is 2.33. The second kappa shape index (κ2) is 10.2. The molecule has 1 saturated carbocycles. The maximum absolute atomic E-state index is 13.0. The van der Waals surface area contributed by atoms with E-state index in [1.54, 1.807) is 35.2 Å². The molecule has 0 bridgehead atoms. The molecule has 0 atom stereocenters. The third-order valence-corrected chi connectivity index (χ3v) is 7.10. The molecule has 0 unspecified atom stereocenters. The normalized spacial score (nSPS) is 14.7. The van der Waals surface area contributed by atoms with Crippen LogP contribution in [0.2, 0.25) is 0 Å². The third kappa shape index (κ3) is 5.49. The molecule has 0 aliphatic heterocycles. The summed E-state index contributed by atoms with van der Waals surface area (Å²) in [6.45, 7) is 0. The van der Waals surface area contributed by atoms with Crippen LogP contribution < -0.4 is 5.32 Å². The van der Waals surface area contributed by atoms with Gasteiger partial charge in [-0.25, -0.2) is 4.39 Å². The van der Waals surface area contributed by atoms with Gasteiger partial charge in [0.2, 0.25) is 5.91 Å². The zero-order valence-electron chi connectivity index (χ0n) is 16.7. The molecular weight excluding hydrogens is 419 g/mol. The highest BCUT2D eigenvalue weighted by molar-refractivity contribution is 7.99. The largest absolute Gasteiger partial charge is 0.326 e. The van der Waals surface area contributed by atoms with Crippen molar-refractivity contribution in [2.45, 2.75) is 56.1 Å². The molecule has 1 fully saturated rings. The van der Waals surface area contributed by atoms with Gasteiger partial charge >= 0.3 is 0 Å². The number of carbonyl (C=O) groups excluding carboxylic acids is 1. The number of thiophene rings is 1. The Morgan fingerprint density at radius 1 is 1.17 bits per heavy atom. The predicted octanol–water partition coefficient (Wildman–Crippen LogP) is 5.70. The summed E-state index contributed by atoms with van der Waals surface area (Å²) in [7, 11) is 0. The molecule has 3 aromatic rings. The smallest absolute Gasteiger partial charge is 0.225 e. The lowest BCUT2D eigenvalue weighted by Gasteiger charge is -2.25. The van der Waals surface area contributed by atoms with Gasteiger partial charge in [-0.05, 0) is 48.6 Å². The van der Waals surface area contributed by atoms with Gasteiger partial charge in [-0.15, -0.1) is 21.5 Å². The summed E-state index contributed by atoms with van der Waals surface area (Å²) in [6, 6.07) is 10.5. The molecule has 158 valence electrons. The van der Waals surface area contributed by atoms with E-state index >= 15 is 0 Å². The van der Waals surface area contributed by atoms with Gasteiger partial charge in [0.05, 0.1) is 0 Å². The van der Waals surface area contributed by atoms with Gasteiger partial charge in [-0.2, -0.15) is 0 Å². The molecule has 0 saturated heterocycles. The SMILES string of the molecule is O=C(CCSc1nnc(Cc2cccs2)n1C1CCCCC1)Nc1ccc(F)cc1. The third-order valence-electron chi connectivity index (χ3n) is 5.28. The number of thioether (sulfide) groups is 1. The molecule has 1 N–H and O–H groups in total. The van der Waals surface area contributed by atoms with Crippen LogP contribution in [-0.4, -0.2) is 26.4 Å². The summed E-state index contributed by atoms with van der Waals surface area (Å²) in [5.41, 5.74) is 0.606. The van der Waals surface area contributed by atoms with Gasteiger partial charge in [0, 0.05) is 35.2 Å². The summed E-state index contributed by atoms with van der Waals surface area (Å²) in [4.78, 5) is 13.5. The minimum absolute atomic E-state index is 0.0864. The van der Waals surface area contributed by atoms with Crippen LogP contribution >= 0.6 is 23.1 Å². The average molecular weight is 445 g/mol. The standard InChI is InChI=1S/C22H25FN4OS2/c23-16-8-10-17(11-9-16)24-21(28)12-14-30-22-26-25-20(15-19-7-4-13-29-19)27(22)18-5-2-1-3-6-18/h4,7-11,13,18H,1-3,5-6,12,14-15H2,(H,24,28). The number of hydrogen-bond acceptors (Lipinski definition) is 5. The highest BCUT2D eigenvalue weighted by Gasteiger charge is 2.23. The maximum atomic E-state index is 13.0. The topological polar surface area (TPSA) is 59.8 Å². The average Bonchev–Trinajstić information content (AvgIpc) is 3.41. The number of rotatable bonds is 8. The van der Waals surface area contributed by atoms with Gasteiger partial charge in [-0.1, -0.05) is 37.1 Å². The number of nitrogens with zero attached hydrogens (tertiary/aromatic N) is 3. The summed E-state index contributed by atoms with van der Waals surface area (Å²) in [6.07, 6.45) is 7.26. The molecule has 2 heterocycles. The Kier molecular flexibility index (Phi) is 7.17. The fourth-order valence-electron chi connectivity index (χ4n) is 3.79. The Morgan fingerprint density at radius 2 is 1.97 bits per heavy atom. The van der Waals surface area contributed by atoms with Gasteiger partial charge < -0.3 is 9.88 Å². The van der Waals surface area contributed by atoms with E-state index in [1.807, 2.05) is 0 Å². The second-order valence-corrected chi connectivity index (χ2v) is 9.56. The van der Waals surface area contributed by atoms with E-state index in [0.717, 1.165) is 30.2 Å². The zero-order valence-corrected chi connectivity index (χ0v) is 18.4. The number of hydrogen-bond donors (Lipinski definition) is 1. The Hall–Kier alpha value is -2.19. The first kappa shape index (κ1) is 21.1. The van der Waals surface area contributed by atoms with Crippen LogP contribution in [0, 0.1) is 5.82 Å². The van der Waals surface area contributed by atoms with E-state index in [0.29, 0.717) is 23.9 Å². The Bertz CT molecular complexity index is 950. The van der Waals surface area contributed by atoms with Gasteiger partial charge in [0.1, 0.15) is 11.6 Å². The predicted molar refractivity (Wildman–Crippen MR) is 120 cm³/mol. The van der Waals surface area contributed by atoms with Gasteiger partial charge in [0.25, 0.3) is 0 Å². The van der Waals surface area contributed by atoms with Gasteiger partial charge in [0.15, 0.2) is 5.16 Å². The van der Waals surface area contributed by atoms with Crippen molar-refractivity contribution < 1.29 is 9.18 Å². The van der Waals surface area contributed by atoms with Crippen molar-refractivity contribution in [2.24, 2.45) is 0 Å². The molecule has 2 aromatic heterocycles. The first-order chi connectivity index (χ1) is 14.7. The van der Waals surface area contributed by atoms with Crippen LogP contribution in [0.25, 0.3) is 0 Å². The zero-order chi connectivity index (χ0) is 20.8. The van der Waals surface area contributed by atoms with Crippen LogP contribution in [0.5, 0.6) is 0 Å². The van der Waals surface area contributed by atoms with Crippen molar-refractivity contribution in [2.75, 3.05) is 11.1 Å². The number of carbonyl (C=O) groups is 1. The quantitative estimate of drug-likeness (QED) is 0.453. The molecule has 30 heavy (non-hydrogen) atoms. The van der Waals surface area contributed by atoms with E-state index in [-0.39, 0.29) is 11.7 Å². The molecule has 8 heteroatoms. The lowest BCUT2D eigenvalue weighted by atomic mass is 9.95. The molecule has 4 rings (SSSR count). The molecule has 1 aliphatic rings. The number of aromatic nitrogens is 3.